The molecule has 2 aromatic carbocycles. The fourth-order valence-corrected chi connectivity index (χ4v) is 2.83. The highest BCUT2D eigenvalue weighted by molar-refractivity contribution is 6.34. The Hall–Kier alpha value is -2.22. The number of ether oxygens (including phenoxy) is 1. The molecule has 0 heterocycles. The van der Waals surface area contributed by atoms with Gasteiger partial charge in [-0.25, -0.2) is 0 Å². The van der Waals surface area contributed by atoms with E-state index in [0.29, 0.717) is 27.9 Å². The standard InChI is InChI=1S/C19H18Cl2N2O2/c1-3-23(13(2)15-6-4-14(11-22)5-7-15)19(24)12-25-18-10-16(20)8-9-17(18)21/h4-10,13H,3,12H2,1-2H3. The highest BCUT2D eigenvalue weighted by Gasteiger charge is 2.20. The molecule has 0 spiro atoms. The van der Waals surface area contributed by atoms with Crippen molar-refractivity contribution in [2.24, 2.45) is 0 Å². The lowest BCUT2D eigenvalue weighted by Gasteiger charge is -2.28. The van der Waals surface area contributed by atoms with E-state index < -0.39 is 0 Å². The molecule has 6 heteroatoms. The Morgan fingerprint density at radius 1 is 1.24 bits per heavy atom. The second-order valence-electron chi connectivity index (χ2n) is 5.45. The molecule has 2 aromatic rings. The van der Waals surface area contributed by atoms with Crippen LogP contribution in [0.15, 0.2) is 42.5 Å². The topological polar surface area (TPSA) is 53.3 Å². The minimum absolute atomic E-state index is 0.130. The number of carbonyl (C=O) groups excluding carboxylic acids is 1. The van der Waals surface area contributed by atoms with Crippen LogP contribution in [0.5, 0.6) is 5.75 Å². The summed E-state index contributed by atoms with van der Waals surface area (Å²) >= 11 is 12.0. The van der Waals surface area contributed by atoms with Gasteiger partial charge in [0.25, 0.3) is 5.91 Å². The van der Waals surface area contributed by atoms with E-state index in [9.17, 15) is 4.79 Å². The van der Waals surface area contributed by atoms with Gasteiger partial charge in [-0.2, -0.15) is 5.26 Å². The molecule has 0 aliphatic carbocycles. The Balaban J connectivity index is 2.06. The van der Waals surface area contributed by atoms with Gasteiger partial charge >= 0.3 is 0 Å². The quantitative estimate of drug-likeness (QED) is 0.723. The molecule has 0 bridgehead atoms. The van der Waals surface area contributed by atoms with Crippen LogP contribution in [-0.2, 0) is 4.79 Å². The van der Waals surface area contributed by atoms with Gasteiger partial charge in [-0.1, -0.05) is 35.3 Å². The number of likely N-dealkylation sites (N-methyl/N-ethyl adjacent to an activating group) is 1. The molecular weight excluding hydrogens is 359 g/mol. The second-order valence-corrected chi connectivity index (χ2v) is 6.30. The predicted octanol–water partition coefficient (Wildman–Crippen LogP) is 4.85. The van der Waals surface area contributed by atoms with E-state index in [2.05, 4.69) is 6.07 Å². The van der Waals surface area contributed by atoms with E-state index in [4.69, 9.17) is 33.2 Å². The van der Waals surface area contributed by atoms with Gasteiger partial charge in [0.15, 0.2) is 6.61 Å². The average Bonchev–Trinajstić information content (AvgIpc) is 2.63. The van der Waals surface area contributed by atoms with Crippen LogP contribution < -0.4 is 4.74 Å². The summed E-state index contributed by atoms with van der Waals surface area (Å²) in [5.74, 6) is 0.222. The van der Waals surface area contributed by atoms with Gasteiger partial charge in [0.1, 0.15) is 5.75 Å². The Kier molecular flexibility index (Phi) is 6.69. The molecule has 0 aliphatic rings. The Bertz CT molecular complexity index is 785. The van der Waals surface area contributed by atoms with Crippen molar-refractivity contribution in [3.05, 3.63) is 63.6 Å². The van der Waals surface area contributed by atoms with Gasteiger partial charge in [-0.05, 0) is 43.7 Å². The fraction of sp³-hybridized carbons (Fsp3) is 0.263. The van der Waals surface area contributed by atoms with Crippen LogP contribution in [0.1, 0.15) is 31.0 Å². The molecule has 2 rings (SSSR count). The highest BCUT2D eigenvalue weighted by Crippen LogP contribution is 2.28. The molecule has 0 fully saturated rings. The zero-order chi connectivity index (χ0) is 18.4. The molecule has 0 aliphatic heterocycles. The molecule has 25 heavy (non-hydrogen) atoms. The minimum Gasteiger partial charge on any atom is -0.482 e. The van der Waals surface area contributed by atoms with Crippen molar-refractivity contribution in [3.63, 3.8) is 0 Å². The maximum Gasteiger partial charge on any atom is 0.261 e. The largest absolute Gasteiger partial charge is 0.482 e. The summed E-state index contributed by atoms with van der Waals surface area (Å²) in [6.45, 7) is 4.25. The molecule has 1 amide bonds. The molecule has 0 aromatic heterocycles. The number of nitrogens with zero attached hydrogens (tertiary/aromatic N) is 2. The van der Waals surface area contributed by atoms with Gasteiger partial charge in [-0.3, -0.25) is 4.79 Å². The summed E-state index contributed by atoms with van der Waals surface area (Å²) in [7, 11) is 0. The third-order valence-corrected chi connectivity index (χ3v) is 4.44. The van der Waals surface area contributed by atoms with Gasteiger partial charge < -0.3 is 9.64 Å². The number of rotatable bonds is 6. The van der Waals surface area contributed by atoms with Crippen molar-refractivity contribution in [1.82, 2.24) is 4.90 Å². The lowest BCUT2D eigenvalue weighted by molar-refractivity contribution is -0.135. The summed E-state index contributed by atoms with van der Waals surface area (Å²) in [5, 5.41) is 9.77. The maximum absolute atomic E-state index is 12.6. The number of hydrogen-bond donors (Lipinski definition) is 0. The first kappa shape index (κ1) is 19.1. The SMILES string of the molecule is CCN(C(=O)COc1cc(Cl)ccc1Cl)C(C)c1ccc(C#N)cc1. The third kappa shape index (κ3) is 4.88. The summed E-state index contributed by atoms with van der Waals surface area (Å²) in [4.78, 5) is 14.3. The van der Waals surface area contributed by atoms with Crippen LogP contribution in [0.25, 0.3) is 0 Å². The Morgan fingerprint density at radius 2 is 1.92 bits per heavy atom. The van der Waals surface area contributed by atoms with E-state index >= 15 is 0 Å². The van der Waals surface area contributed by atoms with Crippen LogP contribution >= 0.6 is 23.2 Å². The van der Waals surface area contributed by atoms with E-state index in [1.807, 2.05) is 26.0 Å². The lowest BCUT2D eigenvalue weighted by Crippen LogP contribution is -2.36. The molecule has 0 saturated heterocycles. The van der Waals surface area contributed by atoms with Gasteiger partial charge in [-0.15, -0.1) is 0 Å². The van der Waals surface area contributed by atoms with Crippen molar-refractivity contribution < 1.29 is 9.53 Å². The summed E-state index contributed by atoms with van der Waals surface area (Å²) in [6, 6.07) is 14.0. The van der Waals surface area contributed by atoms with Crippen molar-refractivity contribution in [2.75, 3.05) is 13.2 Å². The summed E-state index contributed by atoms with van der Waals surface area (Å²) < 4.78 is 5.53. The molecule has 0 saturated carbocycles. The van der Waals surface area contributed by atoms with Crippen molar-refractivity contribution in [3.8, 4) is 11.8 Å². The second kappa shape index (κ2) is 8.75. The smallest absolute Gasteiger partial charge is 0.261 e. The normalized spacial score (nSPS) is 11.5. The van der Waals surface area contributed by atoms with Crippen LogP contribution in [0.3, 0.4) is 0 Å². The lowest BCUT2D eigenvalue weighted by atomic mass is 10.0. The molecule has 4 nitrogen and oxygen atoms in total. The predicted molar refractivity (Wildman–Crippen MR) is 98.9 cm³/mol. The zero-order valence-electron chi connectivity index (χ0n) is 14.0. The number of nitriles is 1. The minimum atomic E-state index is -0.157. The Morgan fingerprint density at radius 3 is 2.52 bits per heavy atom. The van der Waals surface area contributed by atoms with E-state index in [0.717, 1.165) is 5.56 Å². The van der Waals surface area contributed by atoms with Crippen molar-refractivity contribution in [2.45, 2.75) is 19.9 Å². The first-order valence-corrected chi connectivity index (χ1v) is 8.59. The van der Waals surface area contributed by atoms with Gasteiger partial charge in [0, 0.05) is 17.6 Å². The molecule has 1 unspecified atom stereocenters. The van der Waals surface area contributed by atoms with E-state index in [-0.39, 0.29) is 18.6 Å². The molecule has 130 valence electrons. The highest BCUT2D eigenvalue weighted by atomic mass is 35.5. The maximum atomic E-state index is 12.6. The molecule has 0 N–H and O–H groups in total. The van der Waals surface area contributed by atoms with Crippen LogP contribution in [0.2, 0.25) is 10.0 Å². The number of benzene rings is 2. The number of hydrogen-bond acceptors (Lipinski definition) is 3. The zero-order valence-corrected chi connectivity index (χ0v) is 15.5. The number of halogens is 2. The molecule has 0 radical (unpaired) electrons. The summed E-state index contributed by atoms with van der Waals surface area (Å²) in [5.41, 5.74) is 1.54. The van der Waals surface area contributed by atoms with Gasteiger partial charge in [0.05, 0.1) is 22.7 Å². The van der Waals surface area contributed by atoms with Gasteiger partial charge in [0.2, 0.25) is 0 Å². The number of amides is 1. The summed E-state index contributed by atoms with van der Waals surface area (Å²) in [6.07, 6.45) is 0. The Labute approximate surface area is 157 Å². The van der Waals surface area contributed by atoms with Crippen LogP contribution in [0, 0.1) is 11.3 Å². The van der Waals surface area contributed by atoms with Crippen molar-refractivity contribution in [1.29, 1.82) is 5.26 Å². The third-order valence-electron chi connectivity index (χ3n) is 3.90. The average molecular weight is 377 g/mol. The van der Waals surface area contributed by atoms with Crippen molar-refractivity contribution >= 4 is 29.1 Å². The van der Waals surface area contributed by atoms with E-state index in [1.165, 1.54) is 0 Å². The monoisotopic (exact) mass is 376 g/mol. The van der Waals surface area contributed by atoms with Crippen LogP contribution in [0.4, 0.5) is 0 Å². The molecular formula is C19H18Cl2N2O2. The first-order valence-electron chi connectivity index (χ1n) is 7.83. The fourth-order valence-electron chi connectivity index (χ4n) is 2.49. The van der Waals surface area contributed by atoms with Crippen LogP contribution in [-0.4, -0.2) is 24.0 Å². The number of carbonyl (C=O) groups is 1. The molecule has 1 atom stereocenters. The van der Waals surface area contributed by atoms with E-state index in [1.54, 1.807) is 35.2 Å². The first-order chi connectivity index (χ1) is 12.0.